The lowest BCUT2D eigenvalue weighted by molar-refractivity contribution is -0.120. The summed E-state index contributed by atoms with van der Waals surface area (Å²) in [5, 5.41) is 14.1. The molecule has 5 nitrogen and oxygen atoms in total. The first-order valence-electron chi connectivity index (χ1n) is 4.97. The Kier molecular flexibility index (Phi) is 9.95. The summed E-state index contributed by atoms with van der Waals surface area (Å²) in [6, 6.07) is 0. The molecule has 0 aromatic carbocycles. The number of rotatable bonds is 9. The van der Waals surface area contributed by atoms with E-state index in [1.807, 2.05) is 6.92 Å². The maximum Gasteiger partial charge on any atom is 0.234 e. The SMILES string of the molecule is CCCNCC(=O)NCCOCCO. The maximum atomic E-state index is 11.1. The summed E-state index contributed by atoms with van der Waals surface area (Å²) in [5.41, 5.74) is 0. The van der Waals surface area contributed by atoms with Crippen molar-refractivity contribution in [2.24, 2.45) is 0 Å². The van der Waals surface area contributed by atoms with Gasteiger partial charge in [0.1, 0.15) is 0 Å². The van der Waals surface area contributed by atoms with E-state index in [2.05, 4.69) is 10.6 Å². The zero-order valence-corrected chi connectivity index (χ0v) is 8.71. The van der Waals surface area contributed by atoms with Gasteiger partial charge in [0.2, 0.25) is 5.91 Å². The van der Waals surface area contributed by atoms with E-state index in [0.717, 1.165) is 13.0 Å². The van der Waals surface area contributed by atoms with Crippen molar-refractivity contribution in [2.75, 3.05) is 39.5 Å². The minimum absolute atomic E-state index is 0.0198. The van der Waals surface area contributed by atoms with Crippen molar-refractivity contribution >= 4 is 5.91 Å². The Hall–Kier alpha value is -0.650. The number of carbonyl (C=O) groups excluding carboxylic acids is 1. The number of hydrogen-bond acceptors (Lipinski definition) is 4. The molecule has 0 fully saturated rings. The van der Waals surface area contributed by atoms with Gasteiger partial charge in [-0.15, -0.1) is 0 Å². The number of hydrogen-bond donors (Lipinski definition) is 3. The van der Waals surface area contributed by atoms with Crippen molar-refractivity contribution in [2.45, 2.75) is 13.3 Å². The molecule has 0 unspecified atom stereocenters. The Labute approximate surface area is 84.8 Å². The van der Waals surface area contributed by atoms with Crippen molar-refractivity contribution in [3.8, 4) is 0 Å². The third-order valence-electron chi connectivity index (χ3n) is 1.52. The predicted molar refractivity (Wildman–Crippen MR) is 54.1 cm³/mol. The number of carbonyl (C=O) groups is 1. The summed E-state index contributed by atoms with van der Waals surface area (Å²) in [6.07, 6.45) is 1.02. The van der Waals surface area contributed by atoms with Gasteiger partial charge >= 0.3 is 0 Å². The third-order valence-corrected chi connectivity index (χ3v) is 1.52. The molecule has 0 spiro atoms. The molecule has 0 aliphatic carbocycles. The van der Waals surface area contributed by atoms with E-state index >= 15 is 0 Å². The van der Waals surface area contributed by atoms with Crippen LogP contribution in [0.5, 0.6) is 0 Å². The van der Waals surface area contributed by atoms with Crippen molar-refractivity contribution in [1.82, 2.24) is 10.6 Å². The highest BCUT2D eigenvalue weighted by Gasteiger charge is 1.97. The molecule has 0 aliphatic rings. The second-order valence-corrected chi connectivity index (χ2v) is 2.86. The third kappa shape index (κ3) is 9.44. The first-order valence-corrected chi connectivity index (χ1v) is 4.97. The topological polar surface area (TPSA) is 70.6 Å². The fourth-order valence-corrected chi connectivity index (χ4v) is 0.870. The largest absolute Gasteiger partial charge is 0.394 e. The average Bonchev–Trinajstić information content (AvgIpc) is 2.18. The summed E-state index contributed by atoms with van der Waals surface area (Å²) in [7, 11) is 0. The molecule has 0 atom stereocenters. The Morgan fingerprint density at radius 3 is 2.79 bits per heavy atom. The van der Waals surface area contributed by atoms with Crippen LogP contribution in [0.4, 0.5) is 0 Å². The molecule has 0 saturated heterocycles. The van der Waals surface area contributed by atoms with Crippen LogP contribution >= 0.6 is 0 Å². The summed E-state index contributed by atoms with van der Waals surface area (Å²) >= 11 is 0. The molecular weight excluding hydrogens is 184 g/mol. The van der Waals surface area contributed by atoms with E-state index in [4.69, 9.17) is 9.84 Å². The highest BCUT2D eigenvalue weighted by Crippen LogP contribution is 1.73. The van der Waals surface area contributed by atoms with E-state index in [-0.39, 0.29) is 12.5 Å². The van der Waals surface area contributed by atoms with Gasteiger partial charge in [0.15, 0.2) is 0 Å². The second-order valence-electron chi connectivity index (χ2n) is 2.86. The van der Waals surface area contributed by atoms with E-state index in [1.54, 1.807) is 0 Å². The molecule has 0 radical (unpaired) electrons. The van der Waals surface area contributed by atoms with Gasteiger partial charge in [0.05, 0.1) is 26.4 Å². The number of aliphatic hydroxyl groups excluding tert-OH is 1. The summed E-state index contributed by atoms with van der Waals surface area (Å²) in [6.45, 7) is 4.54. The number of nitrogens with one attached hydrogen (secondary N) is 2. The van der Waals surface area contributed by atoms with Gasteiger partial charge in [-0.25, -0.2) is 0 Å². The molecule has 0 saturated carbocycles. The van der Waals surface area contributed by atoms with Crippen molar-refractivity contribution in [1.29, 1.82) is 0 Å². The highest BCUT2D eigenvalue weighted by molar-refractivity contribution is 5.77. The van der Waals surface area contributed by atoms with Gasteiger partial charge in [-0.2, -0.15) is 0 Å². The van der Waals surface area contributed by atoms with Gasteiger partial charge in [0.25, 0.3) is 0 Å². The van der Waals surface area contributed by atoms with Crippen LogP contribution in [0.15, 0.2) is 0 Å². The molecule has 0 rings (SSSR count). The summed E-state index contributed by atoms with van der Waals surface area (Å²) in [4.78, 5) is 11.1. The van der Waals surface area contributed by atoms with Gasteiger partial charge in [-0.05, 0) is 13.0 Å². The second kappa shape index (κ2) is 10.4. The van der Waals surface area contributed by atoms with Gasteiger partial charge in [-0.1, -0.05) is 6.92 Å². The minimum Gasteiger partial charge on any atom is -0.394 e. The first kappa shape index (κ1) is 13.4. The molecule has 5 heteroatoms. The molecule has 0 aliphatic heterocycles. The highest BCUT2D eigenvalue weighted by atomic mass is 16.5. The van der Waals surface area contributed by atoms with E-state index in [9.17, 15) is 4.79 Å². The number of ether oxygens (including phenoxy) is 1. The molecule has 14 heavy (non-hydrogen) atoms. The lowest BCUT2D eigenvalue weighted by Crippen LogP contribution is -2.36. The predicted octanol–water partition coefficient (Wildman–Crippen LogP) is -0.889. The van der Waals surface area contributed by atoms with Gasteiger partial charge < -0.3 is 20.5 Å². The van der Waals surface area contributed by atoms with Crippen LogP contribution in [0.1, 0.15) is 13.3 Å². The van der Waals surface area contributed by atoms with E-state index in [1.165, 1.54) is 0 Å². The Morgan fingerprint density at radius 2 is 2.14 bits per heavy atom. The molecule has 0 aromatic heterocycles. The van der Waals surface area contributed by atoms with Crippen LogP contribution in [0, 0.1) is 0 Å². The summed E-state index contributed by atoms with van der Waals surface area (Å²) < 4.78 is 4.97. The monoisotopic (exact) mass is 204 g/mol. The van der Waals surface area contributed by atoms with Crippen LogP contribution in [0.25, 0.3) is 0 Å². The minimum atomic E-state index is -0.0222. The Balaban J connectivity index is 3.10. The number of amides is 1. The fraction of sp³-hybridized carbons (Fsp3) is 0.889. The van der Waals surface area contributed by atoms with Crippen molar-refractivity contribution in [3.63, 3.8) is 0 Å². The fourth-order valence-electron chi connectivity index (χ4n) is 0.870. The van der Waals surface area contributed by atoms with Crippen LogP contribution in [-0.4, -0.2) is 50.5 Å². The molecule has 3 N–H and O–H groups in total. The molecule has 84 valence electrons. The van der Waals surface area contributed by atoms with E-state index < -0.39 is 0 Å². The zero-order chi connectivity index (χ0) is 10.6. The quantitative estimate of drug-likeness (QED) is 0.426. The van der Waals surface area contributed by atoms with Gasteiger partial charge in [0, 0.05) is 6.54 Å². The standard InChI is InChI=1S/C9H20N2O3/c1-2-3-10-8-9(13)11-4-6-14-7-5-12/h10,12H,2-8H2,1H3,(H,11,13). The smallest absolute Gasteiger partial charge is 0.234 e. The normalized spacial score (nSPS) is 10.1. The Morgan fingerprint density at radius 1 is 1.36 bits per heavy atom. The molecule has 0 heterocycles. The molecule has 0 aromatic rings. The van der Waals surface area contributed by atoms with Crippen LogP contribution in [0.2, 0.25) is 0 Å². The van der Waals surface area contributed by atoms with Crippen LogP contribution < -0.4 is 10.6 Å². The first-order chi connectivity index (χ1) is 6.81. The summed E-state index contributed by atoms with van der Waals surface area (Å²) in [5.74, 6) is -0.0222. The lowest BCUT2D eigenvalue weighted by atomic mass is 10.4. The van der Waals surface area contributed by atoms with Crippen LogP contribution in [-0.2, 0) is 9.53 Å². The Bertz CT molecular complexity index is 142. The molecular formula is C9H20N2O3. The van der Waals surface area contributed by atoms with Gasteiger partial charge in [-0.3, -0.25) is 4.79 Å². The molecule has 1 amide bonds. The molecule has 0 bridgehead atoms. The van der Waals surface area contributed by atoms with Crippen molar-refractivity contribution in [3.05, 3.63) is 0 Å². The van der Waals surface area contributed by atoms with E-state index in [0.29, 0.717) is 26.3 Å². The average molecular weight is 204 g/mol. The zero-order valence-electron chi connectivity index (χ0n) is 8.71. The van der Waals surface area contributed by atoms with Crippen LogP contribution in [0.3, 0.4) is 0 Å². The van der Waals surface area contributed by atoms with Crippen molar-refractivity contribution < 1.29 is 14.6 Å². The maximum absolute atomic E-state index is 11.1. The number of aliphatic hydroxyl groups is 1. The lowest BCUT2D eigenvalue weighted by Gasteiger charge is -2.06.